The fourth-order valence-electron chi connectivity index (χ4n) is 3.57. The first-order valence-corrected chi connectivity index (χ1v) is 9.25. The highest BCUT2D eigenvalue weighted by Gasteiger charge is 2.38. The molecule has 2 atom stereocenters. The average molecular weight is 377 g/mol. The fourth-order valence-corrected chi connectivity index (χ4v) is 5.04. The Labute approximate surface area is 153 Å². The van der Waals surface area contributed by atoms with Crippen molar-refractivity contribution >= 4 is 45.6 Å². The van der Waals surface area contributed by atoms with Crippen LogP contribution >= 0.6 is 22.9 Å². The molecule has 4 rings (SSSR count). The van der Waals surface area contributed by atoms with Gasteiger partial charge >= 0.3 is 6.03 Å². The number of amides is 3. The largest absolute Gasteiger partial charge is 0.365 e. The predicted octanol–water partition coefficient (Wildman–Crippen LogP) is 3.49. The van der Waals surface area contributed by atoms with Crippen LogP contribution in [0.15, 0.2) is 24.3 Å². The van der Waals surface area contributed by atoms with Crippen molar-refractivity contribution in [3.05, 3.63) is 45.3 Å². The van der Waals surface area contributed by atoms with Gasteiger partial charge in [0.25, 0.3) is 5.91 Å². The van der Waals surface area contributed by atoms with E-state index in [1.807, 2.05) is 0 Å². The molecule has 1 aromatic carbocycles. The molecule has 2 aliphatic heterocycles. The lowest BCUT2D eigenvalue weighted by atomic mass is 9.98. The first-order valence-electron chi connectivity index (χ1n) is 8.06. The molecule has 0 aliphatic carbocycles. The van der Waals surface area contributed by atoms with E-state index >= 15 is 0 Å². The Morgan fingerprint density at radius 2 is 1.96 bits per heavy atom. The standard InChI is InChI=1S/C17H17ClN4O2S/c18-8-1-3-9(4-2-8)21-17(24)22-16-14(15(19)23)13-11-6-5-10(20-11)7-12(13)25-16/h1-4,10-11,20H,5-7H2,(H2,19,23)(H2,21,22,24)/t10?,11-/m0/s1. The molecule has 25 heavy (non-hydrogen) atoms. The van der Waals surface area contributed by atoms with Crippen molar-refractivity contribution < 1.29 is 9.59 Å². The summed E-state index contributed by atoms with van der Waals surface area (Å²) in [5.41, 5.74) is 7.63. The van der Waals surface area contributed by atoms with E-state index in [2.05, 4.69) is 16.0 Å². The van der Waals surface area contributed by atoms with Crippen LogP contribution in [0.1, 0.15) is 39.7 Å². The van der Waals surface area contributed by atoms with E-state index in [1.165, 1.54) is 11.3 Å². The number of urea groups is 1. The van der Waals surface area contributed by atoms with Gasteiger partial charge in [-0.25, -0.2) is 4.79 Å². The van der Waals surface area contributed by atoms with Crippen molar-refractivity contribution in [3.63, 3.8) is 0 Å². The van der Waals surface area contributed by atoms with E-state index in [0.717, 1.165) is 29.7 Å². The Morgan fingerprint density at radius 1 is 1.20 bits per heavy atom. The molecule has 130 valence electrons. The number of anilines is 2. The Hall–Kier alpha value is -2.09. The van der Waals surface area contributed by atoms with Crippen molar-refractivity contribution in [2.24, 2.45) is 5.73 Å². The molecule has 0 spiro atoms. The van der Waals surface area contributed by atoms with Crippen molar-refractivity contribution in [3.8, 4) is 0 Å². The Balaban J connectivity index is 1.58. The van der Waals surface area contributed by atoms with Crippen molar-refractivity contribution in [2.45, 2.75) is 31.3 Å². The van der Waals surface area contributed by atoms with Gasteiger partial charge in [0.05, 0.1) is 5.56 Å². The first-order chi connectivity index (χ1) is 12.0. The molecule has 0 saturated carbocycles. The van der Waals surface area contributed by atoms with Gasteiger partial charge in [0, 0.05) is 27.7 Å². The molecule has 1 saturated heterocycles. The summed E-state index contributed by atoms with van der Waals surface area (Å²) in [7, 11) is 0. The van der Waals surface area contributed by atoms with Gasteiger partial charge in [-0.1, -0.05) is 11.6 Å². The zero-order chi connectivity index (χ0) is 17.6. The summed E-state index contributed by atoms with van der Waals surface area (Å²) in [4.78, 5) is 25.5. The zero-order valence-electron chi connectivity index (χ0n) is 13.3. The number of carbonyl (C=O) groups excluding carboxylic acids is 2. The Kier molecular flexibility index (Phi) is 4.15. The number of fused-ring (bicyclic) bond motifs is 4. The van der Waals surface area contributed by atoms with E-state index in [1.54, 1.807) is 24.3 Å². The van der Waals surface area contributed by atoms with Gasteiger partial charge in [0.1, 0.15) is 5.00 Å². The highest BCUT2D eigenvalue weighted by atomic mass is 35.5. The smallest absolute Gasteiger partial charge is 0.324 e. The lowest BCUT2D eigenvalue weighted by Gasteiger charge is -2.22. The quantitative estimate of drug-likeness (QED) is 0.660. The minimum absolute atomic E-state index is 0.155. The second-order valence-electron chi connectivity index (χ2n) is 6.29. The molecule has 3 amide bonds. The van der Waals surface area contributed by atoms with E-state index in [-0.39, 0.29) is 6.04 Å². The highest BCUT2D eigenvalue weighted by molar-refractivity contribution is 7.17. The van der Waals surface area contributed by atoms with Crippen LogP contribution in [0, 0.1) is 0 Å². The topological polar surface area (TPSA) is 96.2 Å². The molecule has 1 fully saturated rings. The number of nitrogens with one attached hydrogen (secondary N) is 3. The number of hydrogen-bond acceptors (Lipinski definition) is 4. The molecular formula is C17H17ClN4O2S. The van der Waals surface area contributed by atoms with E-state index < -0.39 is 11.9 Å². The molecule has 1 unspecified atom stereocenters. The third-order valence-electron chi connectivity index (χ3n) is 4.62. The normalized spacial score (nSPS) is 20.8. The summed E-state index contributed by atoms with van der Waals surface area (Å²) in [5, 5.41) is 10.1. The third kappa shape index (κ3) is 3.10. The van der Waals surface area contributed by atoms with Crippen LogP contribution in [-0.4, -0.2) is 18.0 Å². The number of primary amides is 1. The van der Waals surface area contributed by atoms with Crippen LogP contribution in [0.4, 0.5) is 15.5 Å². The second-order valence-corrected chi connectivity index (χ2v) is 7.83. The molecule has 2 aromatic rings. The number of carbonyl (C=O) groups is 2. The molecule has 0 radical (unpaired) electrons. The van der Waals surface area contributed by atoms with Gasteiger partial charge in [-0.3, -0.25) is 10.1 Å². The first kappa shape index (κ1) is 16.4. The summed E-state index contributed by atoms with van der Waals surface area (Å²) >= 11 is 7.28. The van der Waals surface area contributed by atoms with Crippen LogP contribution < -0.4 is 21.7 Å². The molecule has 3 heterocycles. The minimum Gasteiger partial charge on any atom is -0.365 e. The summed E-state index contributed by atoms with van der Waals surface area (Å²) in [6, 6.07) is 6.99. The molecule has 2 bridgehead atoms. The lowest BCUT2D eigenvalue weighted by molar-refractivity contribution is 0.1000. The van der Waals surface area contributed by atoms with Gasteiger partial charge in [-0.2, -0.15) is 0 Å². The maximum atomic E-state index is 12.3. The molecule has 5 N–H and O–H groups in total. The number of benzene rings is 1. The number of halogens is 1. The van der Waals surface area contributed by atoms with Crippen molar-refractivity contribution in [1.82, 2.24) is 5.32 Å². The van der Waals surface area contributed by atoms with Crippen LogP contribution in [0.5, 0.6) is 0 Å². The fraction of sp³-hybridized carbons (Fsp3) is 0.294. The van der Waals surface area contributed by atoms with Gasteiger partial charge in [0.15, 0.2) is 0 Å². The molecular weight excluding hydrogens is 360 g/mol. The number of nitrogens with two attached hydrogens (primary N) is 1. The van der Waals surface area contributed by atoms with Gasteiger partial charge in [-0.05, 0) is 49.1 Å². The molecule has 6 nitrogen and oxygen atoms in total. The van der Waals surface area contributed by atoms with Crippen LogP contribution in [0.2, 0.25) is 5.02 Å². The summed E-state index contributed by atoms with van der Waals surface area (Å²) in [6.45, 7) is 0. The minimum atomic E-state index is -0.508. The molecule has 1 aromatic heterocycles. The number of rotatable bonds is 3. The summed E-state index contributed by atoms with van der Waals surface area (Å²) in [5.74, 6) is -0.508. The highest BCUT2D eigenvalue weighted by Crippen LogP contribution is 2.45. The third-order valence-corrected chi connectivity index (χ3v) is 6.01. The van der Waals surface area contributed by atoms with Gasteiger partial charge in [0.2, 0.25) is 0 Å². The number of hydrogen-bond donors (Lipinski definition) is 4. The number of thiophene rings is 1. The van der Waals surface area contributed by atoms with E-state index in [4.69, 9.17) is 17.3 Å². The summed E-state index contributed by atoms with van der Waals surface area (Å²) < 4.78 is 0. The summed E-state index contributed by atoms with van der Waals surface area (Å²) in [6.07, 6.45) is 2.96. The SMILES string of the molecule is NC(=O)c1c(NC(=O)Nc2ccc(Cl)cc2)sc2c1[C@@H]1CCC(C2)N1. The predicted molar refractivity (Wildman–Crippen MR) is 99.5 cm³/mol. The zero-order valence-corrected chi connectivity index (χ0v) is 14.8. The maximum absolute atomic E-state index is 12.3. The van der Waals surface area contributed by atoms with Gasteiger partial charge < -0.3 is 16.4 Å². The van der Waals surface area contributed by atoms with Crippen molar-refractivity contribution in [1.29, 1.82) is 0 Å². The molecule has 2 aliphatic rings. The second kappa shape index (κ2) is 6.33. The van der Waals surface area contributed by atoms with E-state index in [0.29, 0.717) is 27.3 Å². The van der Waals surface area contributed by atoms with E-state index in [9.17, 15) is 9.59 Å². The lowest BCUT2D eigenvalue weighted by Crippen LogP contribution is -2.32. The monoisotopic (exact) mass is 376 g/mol. The Bertz CT molecular complexity index is 849. The van der Waals surface area contributed by atoms with Crippen LogP contribution in [0.25, 0.3) is 0 Å². The van der Waals surface area contributed by atoms with Crippen LogP contribution in [0.3, 0.4) is 0 Å². The average Bonchev–Trinajstić information content (AvgIpc) is 3.11. The molecule has 8 heteroatoms. The van der Waals surface area contributed by atoms with Crippen molar-refractivity contribution in [2.75, 3.05) is 10.6 Å². The van der Waals surface area contributed by atoms with Gasteiger partial charge in [-0.15, -0.1) is 11.3 Å². The maximum Gasteiger partial charge on any atom is 0.324 e. The Morgan fingerprint density at radius 3 is 2.68 bits per heavy atom. The van der Waals surface area contributed by atoms with Crippen LogP contribution in [-0.2, 0) is 6.42 Å².